The van der Waals surface area contributed by atoms with Crippen molar-refractivity contribution in [3.8, 4) is 5.75 Å². The van der Waals surface area contributed by atoms with Gasteiger partial charge in [-0.2, -0.15) is 0 Å². The number of benzene rings is 1. The molecule has 2 N–H and O–H groups in total. The Morgan fingerprint density at radius 3 is 2.50 bits per heavy atom. The second kappa shape index (κ2) is 9.50. The summed E-state index contributed by atoms with van der Waals surface area (Å²) in [7, 11) is 3.60. The summed E-state index contributed by atoms with van der Waals surface area (Å²) in [6, 6.07) is 13.7. The van der Waals surface area contributed by atoms with Crippen LogP contribution < -0.4 is 15.4 Å². The number of pyridine rings is 1. The van der Waals surface area contributed by atoms with Crippen molar-refractivity contribution in [2.24, 2.45) is 12.0 Å². The summed E-state index contributed by atoms with van der Waals surface area (Å²) >= 11 is 0. The number of nitrogens with zero attached hydrogens (tertiary/aromatic N) is 5. The predicted octanol–water partition coefficient (Wildman–Crippen LogP) is 1.96. The SMILES string of the molecule is COc1ccc(CN=C(NCc2ccccn2)NCc2nnc(C)n2C)cc1. The first kappa shape index (κ1) is 19.3. The highest BCUT2D eigenvalue weighted by Crippen LogP contribution is 2.11. The fourth-order valence-corrected chi connectivity index (χ4v) is 2.52. The zero-order valence-electron chi connectivity index (χ0n) is 16.4. The van der Waals surface area contributed by atoms with Gasteiger partial charge in [-0.05, 0) is 36.8 Å². The third kappa shape index (κ3) is 5.29. The minimum Gasteiger partial charge on any atom is -0.497 e. The molecule has 8 heteroatoms. The molecule has 2 heterocycles. The molecular formula is C20H25N7O. The molecule has 0 atom stereocenters. The Morgan fingerprint density at radius 1 is 1.07 bits per heavy atom. The summed E-state index contributed by atoms with van der Waals surface area (Å²) in [4.78, 5) is 9.02. The topological polar surface area (TPSA) is 89.2 Å². The van der Waals surface area contributed by atoms with Gasteiger partial charge in [-0.1, -0.05) is 18.2 Å². The maximum atomic E-state index is 5.20. The number of methoxy groups -OCH3 is 1. The predicted molar refractivity (Wildman–Crippen MR) is 108 cm³/mol. The normalized spacial score (nSPS) is 11.3. The van der Waals surface area contributed by atoms with Crippen molar-refractivity contribution in [3.63, 3.8) is 0 Å². The van der Waals surface area contributed by atoms with Crippen LogP contribution in [0.3, 0.4) is 0 Å². The van der Waals surface area contributed by atoms with Gasteiger partial charge < -0.3 is 19.9 Å². The summed E-state index contributed by atoms with van der Waals surface area (Å²) < 4.78 is 7.15. The minimum absolute atomic E-state index is 0.522. The largest absolute Gasteiger partial charge is 0.497 e. The fourth-order valence-electron chi connectivity index (χ4n) is 2.52. The molecule has 3 rings (SSSR count). The van der Waals surface area contributed by atoms with Crippen LogP contribution in [0.5, 0.6) is 5.75 Å². The van der Waals surface area contributed by atoms with Crippen molar-refractivity contribution in [2.75, 3.05) is 7.11 Å². The third-order valence-corrected chi connectivity index (χ3v) is 4.34. The van der Waals surface area contributed by atoms with Crippen LogP contribution in [0.25, 0.3) is 0 Å². The second-order valence-corrected chi connectivity index (χ2v) is 6.26. The lowest BCUT2D eigenvalue weighted by Crippen LogP contribution is -2.37. The number of ether oxygens (including phenoxy) is 1. The van der Waals surface area contributed by atoms with Crippen LogP contribution in [-0.4, -0.2) is 32.8 Å². The van der Waals surface area contributed by atoms with Crippen LogP contribution in [0.1, 0.15) is 22.9 Å². The first-order valence-electron chi connectivity index (χ1n) is 9.05. The average molecular weight is 379 g/mol. The zero-order valence-corrected chi connectivity index (χ0v) is 16.4. The first-order chi connectivity index (χ1) is 13.7. The Morgan fingerprint density at radius 2 is 1.86 bits per heavy atom. The molecule has 0 radical (unpaired) electrons. The molecule has 1 aromatic carbocycles. The van der Waals surface area contributed by atoms with Crippen LogP contribution in [0.4, 0.5) is 0 Å². The van der Waals surface area contributed by atoms with E-state index >= 15 is 0 Å². The van der Waals surface area contributed by atoms with E-state index < -0.39 is 0 Å². The monoisotopic (exact) mass is 379 g/mol. The van der Waals surface area contributed by atoms with Gasteiger partial charge in [0.25, 0.3) is 0 Å². The molecule has 0 bridgehead atoms. The van der Waals surface area contributed by atoms with Crippen molar-refractivity contribution in [1.82, 2.24) is 30.4 Å². The van der Waals surface area contributed by atoms with Gasteiger partial charge in [0.1, 0.15) is 11.6 Å². The standard InChI is InChI=1S/C20H25N7O/c1-15-25-26-19(27(15)2)14-24-20(23-13-17-6-4-5-11-21-17)22-12-16-7-9-18(28-3)10-8-16/h4-11H,12-14H2,1-3H3,(H2,22,23,24). The highest BCUT2D eigenvalue weighted by molar-refractivity contribution is 5.79. The number of hydrogen-bond acceptors (Lipinski definition) is 5. The number of aliphatic imine (C=N–C) groups is 1. The van der Waals surface area contributed by atoms with E-state index in [0.717, 1.165) is 28.7 Å². The van der Waals surface area contributed by atoms with E-state index in [9.17, 15) is 0 Å². The van der Waals surface area contributed by atoms with E-state index in [-0.39, 0.29) is 0 Å². The quantitative estimate of drug-likeness (QED) is 0.482. The van der Waals surface area contributed by atoms with Gasteiger partial charge in [0.2, 0.25) is 0 Å². The maximum Gasteiger partial charge on any atom is 0.192 e. The van der Waals surface area contributed by atoms with Crippen molar-refractivity contribution in [3.05, 3.63) is 71.6 Å². The molecule has 0 saturated heterocycles. The van der Waals surface area contributed by atoms with Gasteiger partial charge in [0.15, 0.2) is 11.8 Å². The van der Waals surface area contributed by atoms with Gasteiger partial charge in [0.05, 0.1) is 32.4 Å². The molecule has 146 valence electrons. The molecule has 0 saturated carbocycles. The minimum atomic E-state index is 0.522. The molecule has 0 amide bonds. The van der Waals surface area contributed by atoms with E-state index in [1.807, 2.05) is 61.0 Å². The second-order valence-electron chi connectivity index (χ2n) is 6.26. The van der Waals surface area contributed by atoms with E-state index in [1.165, 1.54) is 0 Å². The molecule has 0 aliphatic rings. The molecule has 2 aromatic heterocycles. The van der Waals surface area contributed by atoms with Gasteiger partial charge in [0, 0.05) is 13.2 Å². The van der Waals surface area contributed by atoms with E-state index in [1.54, 1.807) is 13.3 Å². The number of rotatable bonds is 7. The van der Waals surface area contributed by atoms with Gasteiger partial charge in [-0.3, -0.25) is 4.98 Å². The van der Waals surface area contributed by atoms with Gasteiger partial charge in [-0.25, -0.2) is 4.99 Å². The van der Waals surface area contributed by atoms with Crippen LogP contribution in [0.2, 0.25) is 0 Å². The summed E-state index contributed by atoms with van der Waals surface area (Å²) in [5.41, 5.74) is 2.03. The fraction of sp³-hybridized carbons (Fsp3) is 0.300. The lowest BCUT2D eigenvalue weighted by atomic mass is 10.2. The Kier molecular flexibility index (Phi) is 6.56. The zero-order chi connectivity index (χ0) is 19.8. The summed E-state index contributed by atoms with van der Waals surface area (Å²) in [6.07, 6.45) is 1.78. The van der Waals surface area contributed by atoms with Crippen LogP contribution >= 0.6 is 0 Å². The number of guanidine groups is 1. The molecule has 0 aliphatic carbocycles. The van der Waals surface area contributed by atoms with Crippen LogP contribution in [0, 0.1) is 6.92 Å². The van der Waals surface area contributed by atoms with E-state index in [2.05, 4.69) is 30.8 Å². The van der Waals surface area contributed by atoms with E-state index in [0.29, 0.717) is 25.6 Å². The summed E-state index contributed by atoms with van der Waals surface area (Å²) in [5.74, 6) is 3.23. The average Bonchev–Trinajstić information content (AvgIpc) is 3.06. The molecule has 0 spiro atoms. The number of aryl methyl sites for hydroxylation is 1. The van der Waals surface area contributed by atoms with Crippen LogP contribution in [0.15, 0.2) is 53.7 Å². The Bertz CT molecular complexity index is 904. The summed E-state index contributed by atoms with van der Waals surface area (Å²) in [6.45, 7) is 3.56. The lowest BCUT2D eigenvalue weighted by Gasteiger charge is -2.12. The first-order valence-corrected chi connectivity index (χ1v) is 9.05. The van der Waals surface area contributed by atoms with Crippen LogP contribution in [-0.2, 0) is 26.7 Å². The van der Waals surface area contributed by atoms with Gasteiger partial charge in [-0.15, -0.1) is 10.2 Å². The molecule has 28 heavy (non-hydrogen) atoms. The number of hydrogen-bond donors (Lipinski definition) is 2. The number of nitrogens with one attached hydrogen (secondary N) is 2. The summed E-state index contributed by atoms with van der Waals surface area (Å²) in [5, 5.41) is 14.9. The number of aromatic nitrogens is 4. The third-order valence-electron chi connectivity index (χ3n) is 4.34. The van der Waals surface area contributed by atoms with Crippen molar-refractivity contribution in [2.45, 2.75) is 26.6 Å². The molecule has 0 unspecified atom stereocenters. The maximum absolute atomic E-state index is 5.20. The molecule has 3 aromatic rings. The Hall–Kier alpha value is -3.42. The Balaban J connectivity index is 1.67. The molecular weight excluding hydrogens is 354 g/mol. The molecule has 0 fully saturated rings. The van der Waals surface area contributed by atoms with Crippen molar-refractivity contribution < 1.29 is 4.74 Å². The van der Waals surface area contributed by atoms with Gasteiger partial charge >= 0.3 is 0 Å². The molecule has 0 aliphatic heterocycles. The lowest BCUT2D eigenvalue weighted by molar-refractivity contribution is 0.414. The van der Waals surface area contributed by atoms with Crippen molar-refractivity contribution >= 4 is 5.96 Å². The highest BCUT2D eigenvalue weighted by atomic mass is 16.5. The van der Waals surface area contributed by atoms with E-state index in [4.69, 9.17) is 4.74 Å². The smallest absolute Gasteiger partial charge is 0.192 e. The Labute approximate surface area is 164 Å². The van der Waals surface area contributed by atoms with Crippen molar-refractivity contribution in [1.29, 1.82) is 0 Å². The molecule has 8 nitrogen and oxygen atoms in total. The highest BCUT2D eigenvalue weighted by Gasteiger charge is 2.07.